The standard InChI is InChI=1S/C31H32ClFN4O3/c32-27-11-3-2-10-25(27)29(38)34-24-12-13-28(26(21-24)31(40)36-14-4-1-5-15-36)35-16-7-17-37(19-18-35)30(39)22-8-6-9-23(33)20-22/h2-3,6,8-13,20-21H,1,4-5,7,14-19H2,(H,34,38). The molecule has 40 heavy (non-hydrogen) atoms. The smallest absolute Gasteiger partial charge is 0.257 e. The number of anilines is 2. The third-order valence-corrected chi connectivity index (χ3v) is 7.77. The van der Waals surface area contributed by atoms with Gasteiger partial charge >= 0.3 is 0 Å². The van der Waals surface area contributed by atoms with Gasteiger partial charge in [-0.3, -0.25) is 14.4 Å². The molecule has 2 aliphatic rings. The largest absolute Gasteiger partial charge is 0.369 e. The summed E-state index contributed by atoms with van der Waals surface area (Å²) in [6.45, 7) is 3.55. The Bertz CT molecular complexity index is 1410. The Morgan fingerprint density at radius 2 is 1.45 bits per heavy atom. The van der Waals surface area contributed by atoms with Crippen LogP contribution in [0, 0.1) is 5.82 Å². The second-order valence-corrected chi connectivity index (χ2v) is 10.6. The maximum Gasteiger partial charge on any atom is 0.257 e. The average molecular weight is 563 g/mol. The third kappa shape index (κ3) is 6.28. The number of nitrogens with zero attached hydrogens (tertiary/aromatic N) is 3. The number of hydrogen-bond acceptors (Lipinski definition) is 4. The zero-order valence-electron chi connectivity index (χ0n) is 22.2. The van der Waals surface area contributed by atoms with Crippen molar-refractivity contribution in [2.24, 2.45) is 0 Å². The van der Waals surface area contributed by atoms with Crippen molar-refractivity contribution in [3.63, 3.8) is 0 Å². The van der Waals surface area contributed by atoms with Crippen LogP contribution < -0.4 is 10.2 Å². The van der Waals surface area contributed by atoms with Crippen molar-refractivity contribution < 1.29 is 18.8 Å². The van der Waals surface area contributed by atoms with Gasteiger partial charge in [-0.05, 0) is 74.2 Å². The zero-order chi connectivity index (χ0) is 28.1. The van der Waals surface area contributed by atoms with Crippen molar-refractivity contribution in [3.05, 3.63) is 94.3 Å². The molecular weight excluding hydrogens is 531 g/mol. The van der Waals surface area contributed by atoms with Crippen LogP contribution >= 0.6 is 11.6 Å². The normalized spacial score (nSPS) is 15.9. The highest BCUT2D eigenvalue weighted by molar-refractivity contribution is 6.34. The molecule has 5 rings (SSSR count). The van der Waals surface area contributed by atoms with E-state index in [-0.39, 0.29) is 17.7 Å². The van der Waals surface area contributed by atoms with Crippen LogP contribution in [-0.2, 0) is 0 Å². The van der Waals surface area contributed by atoms with Gasteiger partial charge in [0, 0.05) is 56.2 Å². The Balaban J connectivity index is 1.39. The highest BCUT2D eigenvalue weighted by Crippen LogP contribution is 2.29. The summed E-state index contributed by atoms with van der Waals surface area (Å²) in [7, 11) is 0. The van der Waals surface area contributed by atoms with Gasteiger partial charge in [0.1, 0.15) is 5.82 Å². The predicted octanol–water partition coefficient (Wildman–Crippen LogP) is 5.71. The summed E-state index contributed by atoms with van der Waals surface area (Å²) in [6, 6.07) is 18.0. The molecule has 0 aromatic heterocycles. The maximum atomic E-state index is 13.8. The minimum absolute atomic E-state index is 0.0690. The van der Waals surface area contributed by atoms with Crippen LogP contribution in [0.2, 0.25) is 5.02 Å². The molecule has 2 aliphatic heterocycles. The Labute approximate surface area is 238 Å². The van der Waals surface area contributed by atoms with Crippen LogP contribution in [-0.4, -0.2) is 66.8 Å². The van der Waals surface area contributed by atoms with Crippen molar-refractivity contribution in [1.82, 2.24) is 9.80 Å². The number of carbonyl (C=O) groups is 3. The van der Waals surface area contributed by atoms with E-state index in [9.17, 15) is 18.8 Å². The maximum absolute atomic E-state index is 13.8. The van der Waals surface area contributed by atoms with E-state index >= 15 is 0 Å². The van der Waals surface area contributed by atoms with Crippen LogP contribution in [0.15, 0.2) is 66.7 Å². The molecule has 0 saturated carbocycles. The van der Waals surface area contributed by atoms with Gasteiger partial charge in [0.05, 0.1) is 16.1 Å². The van der Waals surface area contributed by atoms with Crippen molar-refractivity contribution in [1.29, 1.82) is 0 Å². The number of hydrogen-bond donors (Lipinski definition) is 1. The number of likely N-dealkylation sites (tertiary alicyclic amines) is 1. The highest BCUT2D eigenvalue weighted by atomic mass is 35.5. The molecule has 0 unspecified atom stereocenters. The van der Waals surface area contributed by atoms with Crippen LogP contribution in [0.5, 0.6) is 0 Å². The molecule has 208 valence electrons. The number of carbonyl (C=O) groups excluding carboxylic acids is 3. The Morgan fingerprint density at radius 3 is 2.23 bits per heavy atom. The van der Waals surface area contributed by atoms with Gasteiger partial charge in [-0.2, -0.15) is 0 Å². The highest BCUT2D eigenvalue weighted by Gasteiger charge is 2.27. The van der Waals surface area contributed by atoms with Crippen LogP contribution in [0.25, 0.3) is 0 Å². The summed E-state index contributed by atoms with van der Waals surface area (Å²) in [5.41, 5.74) is 2.47. The molecule has 0 bridgehead atoms. The first-order chi connectivity index (χ1) is 19.4. The Hall–Kier alpha value is -3.91. The molecule has 0 aliphatic carbocycles. The van der Waals surface area contributed by atoms with Crippen LogP contribution in [0.3, 0.4) is 0 Å². The average Bonchev–Trinajstić information content (AvgIpc) is 3.23. The number of amides is 3. The van der Waals surface area contributed by atoms with Gasteiger partial charge in [0.2, 0.25) is 0 Å². The molecule has 3 aromatic carbocycles. The van der Waals surface area contributed by atoms with Crippen molar-refractivity contribution >= 4 is 40.7 Å². The number of nitrogens with one attached hydrogen (secondary N) is 1. The zero-order valence-corrected chi connectivity index (χ0v) is 23.0. The minimum atomic E-state index is -0.440. The molecule has 7 nitrogen and oxygen atoms in total. The summed E-state index contributed by atoms with van der Waals surface area (Å²) in [6.07, 6.45) is 3.73. The molecule has 2 fully saturated rings. The van der Waals surface area contributed by atoms with Crippen molar-refractivity contribution in [2.75, 3.05) is 49.5 Å². The minimum Gasteiger partial charge on any atom is -0.369 e. The van der Waals surface area contributed by atoms with Crippen molar-refractivity contribution in [3.8, 4) is 0 Å². The quantitative estimate of drug-likeness (QED) is 0.432. The van der Waals surface area contributed by atoms with E-state index in [0.29, 0.717) is 73.1 Å². The first-order valence-electron chi connectivity index (χ1n) is 13.7. The molecule has 3 aromatic rings. The monoisotopic (exact) mass is 562 g/mol. The lowest BCUT2D eigenvalue weighted by molar-refractivity contribution is 0.0723. The number of rotatable bonds is 5. The first-order valence-corrected chi connectivity index (χ1v) is 14.1. The number of benzene rings is 3. The van der Waals surface area contributed by atoms with E-state index in [1.807, 2.05) is 11.0 Å². The van der Waals surface area contributed by atoms with E-state index in [4.69, 9.17) is 11.6 Å². The lowest BCUT2D eigenvalue weighted by Gasteiger charge is -2.30. The molecular formula is C31H32ClFN4O3. The summed E-state index contributed by atoms with van der Waals surface area (Å²) in [4.78, 5) is 45.5. The number of piperidine rings is 1. The van der Waals surface area contributed by atoms with Crippen molar-refractivity contribution in [2.45, 2.75) is 25.7 Å². The van der Waals surface area contributed by atoms with E-state index in [1.165, 1.54) is 18.2 Å². The fourth-order valence-electron chi connectivity index (χ4n) is 5.34. The summed E-state index contributed by atoms with van der Waals surface area (Å²) in [5, 5.41) is 3.24. The topological polar surface area (TPSA) is 73.0 Å². The van der Waals surface area contributed by atoms with Gasteiger partial charge in [0.25, 0.3) is 17.7 Å². The molecule has 0 atom stereocenters. The SMILES string of the molecule is O=C(Nc1ccc(N2CCCN(C(=O)c3cccc(F)c3)CC2)c(C(=O)N2CCCCC2)c1)c1ccccc1Cl. The van der Waals surface area contributed by atoms with Gasteiger partial charge in [-0.1, -0.05) is 29.8 Å². The van der Waals surface area contributed by atoms with Gasteiger partial charge in [0.15, 0.2) is 0 Å². The molecule has 2 saturated heterocycles. The summed E-state index contributed by atoms with van der Waals surface area (Å²) in [5.74, 6) is -1.06. The van der Waals surface area contributed by atoms with E-state index in [0.717, 1.165) is 24.9 Å². The Morgan fingerprint density at radius 1 is 0.700 bits per heavy atom. The lowest BCUT2D eigenvalue weighted by Crippen LogP contribution is -2.38. The van der Waals surface area contributed by atoms with E-state index in [1.54, 1.807) is 47.4 Å². The Kier molecular flexibility index (Phi) is 8.65. The summed E-state index contributed by atoms with van der Waals surface area (Å²) >= 11 is 6.22. The second kappa shape index (κ2) is 12.5. The lowest BCUT2D eigenvalue weighted by atomic mass is 10.1. The molecule has 2 heterocycles. The molecule has 1 N–H and O–H groups in total. The molecule has 0 spiro atoms. The first kappa shape index (κ1) is 27.6. The molecule has 0 radical (unpaired) electrons. The van der Waals surface area contributed by atoms with Crippen LogP contribution in [0.1, 0.15) is 56.8 Å². The fraction of sp³-hybridized carbons (Fsp3) is 0.323. The van der Waals surface area contributed by atoms with Crippen LogP contribution in [0.4, 0.5) is 15.8 Å². The third-order valence-electron chi connectivity index (χ3n) is 7.44. The van der Waals surface area contributed by atoms with E-state index < -0.39 is 5.82 Å². The molecule has 3 amide bonds. The van der Waals surface area contributed by atoms with Gasteiger partial charge < -0.3 is 20.0 Å². The predicted molar refractivity (Wildman–Crippen MR) is 155 cm³/mol. The molecule has 9 heteroatoms. The summed E-state index contributed by atoms with van der Waals surface area (Å²) < 4.78 is 13.7. The second-order valence-electron chi connectivity index (χ2n) is 10.2. The van der Waals surface area contributed by atoms with E-state index in [2.05, 4.69) is 10.2 Å². The van der Waals surface area contributed by atoms with Gasteiger partial charge in [-0.15, -0.1) is 0 Å². The van der Waals surface area contributed by atoms with Gasteiger partial charge in [-0.25, -0.2) is 4.39 Å². The number of halogens is 2. The fourth-order valence-corrected chi connectivity index (χ4v) is 5.56.